The Hall–Kier alpha value is -1.03. The third-order valence-corrected chi connectivity index (χ3v) is 2.50. The molecule has 0 aromatic carbocycles. The molecule has 1 aromatic heterocycles. The second-order valence-electron chi connectivity index (χ2n) is 3.58. The Morgan fingerprint density at radius 3 is 2.92 bits per heavy atom. The van der Waals surface area contributed by atoms with Gasteiger partial charge < -0.3 is 10.5 Å². The van der Waals surface area contributed by atoms with Crippen molar-refractivity contribution in [1.29, 1.82) is 0 Å². The van der Waals surface area contributed by atoms with Gasteiger partial charge in [-0.25, -0.2) is 0 Å². The van der Waals surface area contributed by atoms with E-state index in [0.29, 0.717) is 5.82 Å². The zero-order chi connectivity index (χ0) is 9.10. The molecule has 0 bridgehead atoms. The molecule has 72 valence electrons. The Morgan fingerprint density at radius 1 is 1.54 bits per heavy atom. The zero-order valence-electron chi connectivity index (χ0n) is 7.62. The molecule has 0 amide bonds. The van der Waals surface area contributed by atoms with E-state index in [-0.39, 0.29) is 0 Å². The molecule has 0 saturated carbocycles. The number of ether oxygens (including phenoxy) is 1. The molecule has 0 atom stereocenters. The normalized spacial score (nSPS) is 19.1. The van der Waals surface area contributed by atoms with Gasteiger partial charge >= 0.3 is 0 Å². The first-order valence-electron chi connectivity index (χ1n) is 4.72. The van der Waals surface area contributed by atoms with Crippen molar-refractivity contribution in [3.8, 4) is 0 Å². The van der Waals surface area contributed by atoms with Crippen molar-refractivity contribution in [3.05, 3.63) is 11.8 Å². The maximum absolute atomic E-state index is 5.52. The Bertz CT molecular complexity index is 266. The molecule has 2 rings (SSSR count). The van der Waals surface area contributed by atoms with Gasteiger partial charge in [-0.05, 0) is 25.2 Å². The lowest BCUT2D eigenvalue weighted by Gasteiger charge is -2.20. The van der Waals surface area contributed by atoms with E-state index < -0.39 is 0 Å². The van der Waals surface area contributed by atoms with Gasteiger partial charge in [0.1, 0.15) is 5.82 Å². The molecule has 0 aliphatic carbocycles. The number of aromatic nitrogens is 2. The van der Waals surface area contributed by atoms with Gasteiger partial charge in [-0.2, -0.15) is 5.10 Å². The van der Waals surface area contributed by atoms with E-state index in [9.17, 15) is 0 Å². The number of anilines is 1. The standard InChI is InChI=1S/C9H15N3O/c10-9-6-8(11-12-9)5-7-1-3-13-4-2-7/h6-7H,1-5H2,(H3,10,11,12). The highest BCUT2D eigenvalue weighted by Crippen LogP contribution is 2.19. The summed E-state index contributed by atoms with van der Waals surface area (Å²) in [4.78, 5) is 0. The Labute approximate surface area is 77.5 Å². The van der Waals surface area contributed by atoms with Crippen LogP contribution in [0.25, 0.3) is 0 Å². The average molecular weight is 181 g/mol. The Kier molecular flexibility index (Phi) is 2.49. The fraction of sp³-hybridized carbons (Fsp3) is 0.667. The van der Waals surface area contributed by atoms with E-state index in [1.165, 1.54) is 0 Å². The molecule has 1 saturated heterocycles. The molecule has 13 heavy (non-hydrogen) atoms. The summed E-state index contributed by atoms with van der Waals surface area (Å²) in [5, 5.41) is 6.84. The molecule has 3 N–H and O–H groups in total. The summed E-state index contributed by atoms with van der Waals surface area (Å²) in [7, 11) is 0. The van der Waals surface area contributed by atoms with Gasteiger partial charge in [0.05, 0.1) is 0 Å². The molecule has 4 nitrogen and oxygen atoms in total. The molecule has 1 aliphatic rings. The summed E-state index contributed by atoms with van der Waals surface area (Å²) in [6.45, 7) is 1.79. The fourth-order valence-electron chi connectivity index (χ4n) is 1.75. The van der Waals surface area contributed by atoms with Gasteiger partial charge in [0, 0.05) is 25.0 Å². The molecule has 1 aliphatic heterocycles. The van der Waals surface area contributed by atoms with Gasteiger partial charge in [-0.15, -0.1) is 0 Å². The van der Waals surface area contributed by atoms with Gasteiger partial charge in [0.15, 0.2) is 0 Å². The van der Waals surface area contributed by atoms with E-state index >= 15 is 0 Å². The van der Waals surface area contributed by atoms with E-state index in [1.54, 1.807) is 0 Å². The zero-order valence-corrected chi connectivity index (χ0v) is 7.62. The van der Waals surface area contributed by atoms with Crippen molar-refractivity contribution in [3.63, 3.8) is 0 Å². The Morgan fingerprint density at radius 2 is 2.31 bits per heavy atom. The van der Waals surface area contributed by atoms with Crippen LogP contribution in [0.3, 0.4) is 0 Å². The third kappa shape index (κ3) is 2.21. The minimum atomic E-state index is 0.585. The predicted octanol–water partition coefficient (Wildman–Crippen LogP) is 0.961. The van der Waals surface area contributed by atoms with Gasteiger partial charge in [0.25, 0.3) is 0 Å². The van der Waals surface area contributed by atoms with Crippen molar-refractivity contribution in [2.75, 3.05) is 18.9 Å². The number of nitrogen functional groups attached to an aromatic ring is 1. The van der Waals surface area contributed by atoms with Gasteiger partial charge in [-0.3, -0.25) is 5.10 Å². The van der Waals surface area contributed by atoms with Crippen LogP contribution < -0.4 is 5.73 Å². The first-order valence-corrected chi connectivity index (χ1v) is 4.72. The van der Waals surface area contributed by atoms with Crippen LogP contribution in [0.1, 0.15) is 18.5 Å². The average Bonchev–Trinajstić information content (AvgIpc) is 2.53. The number of nitrogens with two attached hydrogens (primary N) is 1. The minimum Gasteiger partial charge on any atom is -0.382 e. The van der Waals surface area contributed by atoms with Crippen molar-refractivity contribution < 1.29 is 4.74 Å². The lowest BCUT2D eigenvalue weighted by molar-refractivity contribution is 0.0663. The molecule has 1 fully saturated rings. The SMILES string of the molecule is Nc1cc(CC2CCOCC2)[nH]n1. The van der Waals surface area contributed by atoms with Crippen LogP contribution >= 0.6 is 0 Å². The van der Waals surface area contributed by atoms with Crippen LogP contribution in [0.4, 0.5) is 5.82 Å². The summed E-state index contributed by atoms with van der Waals surface area (Å²) < 4.78 is 5.29. The van der Waals surface area contributed by atoms with Crippen molar-refractivity contribution in [2.45, 2.75) is 19.3 Å². The molecule has 0 unspecified atom stereocenters. The number of H-pyrrole nitrogens is 1. The smallest absolute Gasteiger partial charge is 0.145 e. The van der Waals surface area contributed by atoms with Crippen LogP contribution in [0, 0.1) is 5.92 Å². The first-order chi connectivity index (χ1) is 6.34. The second kappa shape index (κ2) is 3.79. The van der Waals surface area contributed by atoms with Gasteiger partial charge in [-0.1, -0.05) is 0 Å². The van der Waals surface area contributed by atoms with Crippen molar-refractivity contribution >= 4 is 5.82 Å². The maximum Gasteiger partial charge on any atom is 0.145 e. The number of aromatic amines is 1. The molecule has 2 heterocycles. The van der Waals surface area contributed by atoms with E-state index in [1.807, 2.05) is 6.07 Å². The minimum absolute atomic E-state index is 0.585. The van der Waals surface area contributed by atoms with Crippen molar-refractivity contribution in [1.82, 2.24) is 10.2 Å². The van der Waals surface area contributed by atoms with Crippen LogP contribution in [-0.2, 0) is 11.2 Å². The largest absolute Gasteiger partial charge is 0.382 e. The predicted molar refractivity (Wildman–Crippen MR) is 50.2 cm³/mol. The number of hydrogen-bond donors (Lipinski definition) is 2. The fourth-order valence-corrected chi connectivity index (χ4v) is 1.75. The van der Waals surface area contributed by atoms with Crippen LogP contribution in [0.2, 0.25) is 0 Å². The van der Waals surface area contributed by atoms with E-state index in [0.717, 1.165) is 44.1 Å². The van der Waals surface area contributed by atoms with E-state index in [2.05, 4.69) is 10.2 Å². The number of nitrogens with one attached hydrogen (secondary N) is 1. The summed E-state index contributed by atoms with van der Waals surface area (Å²) in [6, 6.07) is 1.91. The summed E-state index contributed by atoms with van der Waals surface area (Å²) in [5.41, 5.74) is 6.66. The lowest BCUT2D eigenvalue weighted by atomic mass is 9.95. The summed E-state index contributed by atoms with van der Waals surface area (Å²) in [5.74, 6) is 1.32. The molecule has 0 radical (unpaired) electrons. The Balaban J connectivity index is 1.89. The number of hydrogen-bond acceptors (Lipinski definition) is 3. The molecule has 1 aromatic rings. The number of nitrogens with zero attached hydrogens (tertiary/aromatic N) is 1. The molecular formula is C9H15N3O. The highest BCUT2D eigenvalue weighted by molar-refractivity contribution is 5.28. The monoisotopic (exact) mass is 181 g/mol. The van der Waals surface area contributed by atoms with Crippen LogP contribution in [0.15, 0.2) is 6.07 Å². The highest BCUT2D eigenvalue weighted by atomic mass is 16.5. The quantitative estimate of drug-likeness (QED) is 0.714. The first kappa shape index (κ1) is 8.56. The van der Waals surface area contributed by atoms with Crippen molar-refractivity contribution in [2.24, 2.45) is 5.92 Å². The van der Waals surface area contributed by atoms with Gasteiger partial charge in [0.2, 0.25) is 0 Å². The maximum atomic E-state index is 5.52. The molecule has 0 spiro atoms. The topological polar surface area (TPSA) is 63.9 Å². The molecule has 4 heteroatoms. The lowest BCUT2D eigenvalue weighted by Crippen LogP contribution is -2.17. The number of rotatable bonds is 2. The second-order valence-corrected chi connectivity index (χ2v) is 3.58. The summed E-state index contributed by atoms with van der Waals surface area (Å²) >= 11 is 0. The third-order valence-electron chi connectivity index (χ3n) is 2.50. The highest BCUT2D eigenvalue weighted by Gasteiger charge is 2.14. The van der Waals surface area contributed by atoms with Crippen LogP contribution in [-0.4, -0.2) is 23.4 Å². The van der Waals surface area contributed by atoms with Crippen LogP contribution in [0.5, 0.6) is 0 Å². The van der Waals surface area contributed by atoms with E-state index in [4.69, 9.17) is 10.5 Å². The molecular weight excluding hydrogens is 166 g/mol. The summed E-state index contributed by atoms with van der Waals surface area (Å²) in [6.07, 6.45) is 3.35.